The van der Waals surface area contributed by atoms with E-state index >= 15 is 0 Å². The zero-order valence-corrected chi connectivity index (χ0v) is 14.9. The zero-order valence-electron chi connectivity index (χ0n) is 14.9. The maximum atomic E-state index is 10.7. The Kier molecular flexibility index (Phi) is 12.9. The zero-order chi connectivity index (χ0) is 19.0. The molecule has 0 aromatic carbocycles. The van der Waals surface area contributed by atoms with E-state index in [1.807, 2.05) is 6.08 Å². The number of hydrogen-bond acceptors (Lipinski definition) is 5. The van der Waals surface area contributed by atoms with E-state index in [1.54, 1.807) is 0 Å². The van der Waals surface area contributed by atoms with Crippen molar-refractivity contribution in [1.29, 1.82) is 0 Å². The van der Waals surface area contributed by atoms with Crippen LogP contribution in [-0.2, 0) is 4.79 Å². The van der Waals surface area contributed by atoms with Gasteiger partial charge in [-0.05, 0) is 25.7 Å². The summed E-state index contributed by atoms with van der Waals surface area (Å²) < 4.78 is 0. The van der Waals surface area contributed by atoms with E-state index in [0.29, 0.717) is 6.42 Å². The molecule has 0 saturated heterocycles. The molecule has 0 spiro atoms. The van der Waals surface area contributed by atoms with Gasteiger partial charge in [-0.3, -0.25) is 25.0 Å². The van der Waals surface area contributed by atoms with Gasteiger partial charge < -0.3 is 0 Å². The predicted octanol–water partition coefficient (Wildman–Crippen LogP) is 4.22. The molecule has 0 aromatic heterocycles. The third kappa shape index (κ3) is 9.60. The minimum Gasteiger partial charge on any atom is -0.273 e. The van der Waals surface area contributed by atoms with Gasteiger partial charge >= 0.3 is 11.9 Å². The largest absolute Gasteiger partial charge is 0.523 e. The van der Waals surface area contributed by atoms with Gasteiger partial charge in [0.25, 0.3) is 0 Å². The van der Waals surface area contributed by atoms with Crippen molar-refractivity contribution in [3.8, 4) is 11.8 Å². The van der Waals surface area contributed by atoms with Crippen molar-refractivity contribution in [2.24, 2.45) is 0 Å². The normalized spacial score (nSPS) is 11.1. The van der Waals surface area contributed by atoms with Crippen LogP contribution < -0.4 is 0 Å². The third-order valence-corrected chi connectivity index (χ3v) is 3.83. The maximum absolute atomic E-state index is 10.7. The van der Waals surface area contributed by atoms with Crippen LogP contribution in [-0.4, -0.2) is 21.8 Å². The Balaban J connectivity index is 3.79. The number of nitro groups is 2. The van der Waals surface area contributed by atoms with Gasteiger partial charge in [-0.1, -0.05) is 50.7 Å². The van der Waals surface area contributed by atoms with Crippen LogP contribution in [0.1, 0.15) is 77.6 Å². The maximum Gasteiger partial charge on any atom is 0.523 e. The minimum atomic E-state index is -2.81. The second-order valence-corrected chi connectivity index (χ2v) is 5.87. The third-order valence-electron chi connectivity index (χ3n) is 3.83. The molecule has 7 nitrogen and oxygen atoms in total. The van der Waals surface area contributed by atoms with Crippen LogP contribution in [0.3, 0.4) is 0 Å². The highest BCUT2D eigenvalue weighted by atomic mass is 16.7. The second kappa shape index (κ2) is 14.1. The number of nitrogens with zero attached hydrogens (tertiary/aromatic N) is 2. The van der Waals surface area contributed by atoms with Crippen molar-refractivity contribution in [2.45, 2.75) is 83.2 Å². The van der Waals surface area contributed by atoms with Crippen LogP contribution in [0.2, 0.25) is 0 Å². The van der Waals surface area contributed by atoms with E-state index in [9.17, 15) is 25.0 Å². The number of carbonyl (C=O) groups excluding carboxylic acids is 1. The van der Waals surface area contributed by atoms with Crippen LogP contribution >= 0.6 is 0 Å². The SMILES string of the molecule is CCCCCC#CC/C=C/CCCCCCC([C]=O)([N+](=O)[O-])[N+](=O)[O-]. The molecule has 1 radical (unpaired) electrons. The summed E-state index contributed by atoms with van der Waals surface area (Å²) in [6.45, 7) is 2.16. The van der Waals surface area contributed by atoms with E-state index in [4.69, 9.17) is 0 Å². The van der Waals surface area contributed by atoms with Crippen molar-refractivity contribution in [3.05, 3.63) is 32.4 Å². The molecule has 7 heteroatoms. The van der Waals surface area contributed by atoms with Crippen LogP contribution in [0.5, 0.6) is 0 Å². The summed E-state index contributed by atoms with van der Waals surface area (Å²) >= 11 is 0. The Morgan fingerprint density at radius 2 is 1.60 bits per heavy atom. The van der Waals surface area contributed by atoms with Gasteiger partial charge in [0.1, 0.15) is 9.85 Å². The van der Waals surface area contributed by atoms with E-state index in [-0.39, 0.29) is 6.42 Å². The van der Waals surface area contributed by atoms with E-state index in [0.717, 1.165) is 44.8 Å². The summed E-state index contributed by atoms with van der Waals surface area (Å²) in [5, 5.41) is 21.5. The van der Waals surface area contributed by atoms with Gasteiger partial charge in [-0.15, -0.1) is 5.92 Å². The molecule has 0 unspecified atom stereocenters. The Bertz CT molecular complexity index is 491. The average Bonchev–Trinajstić information content (AvgIpc) is 2.58. The van der Waals surface area contributed by atoms with Crippen molar-refractivity contribution in [3.63, 3.8) is 0 Å². The molecule has 0 aliphatic carbocycles. The highest BCUT2D eigenvalue weighted by Gasteiger charge is 2.57. The molecule has 0 aliphatic rings. The molecule has 0 fully saturated rings. The molecule has 25 heavy (non-hydrogen) atoms. The minimum absolute atomic E-state index is 0.254. The van der Waals surface area contributed by atoms with Crippen LogP contribution in [0.15, 0.2) is 12.2 Å². The second-order valence-electron chi connectivity index (χ2n) is 5.87. The number of rotatable bonds is 14. The lowest BCUT2D eigenvalue weighted by molar-refractivity contribution is -0.772. The fourth-order valence-corrected chi connectivity index (χ4v) is 2.25. The van der Waals surface area contributed by atoms with Crippen molar-refractivity contribution < 1.29 is 14.6 Å². The summed E-state index contributed by atoms with van der Waals surface area (Å²) in [5.74, 6) is 6.23. The predicted molar refractivity (Wildman–Crippen MR) is 95.8 cm³/mol. The molecule has 0 N–H and O–H groups in total. The van der Waals surface area contributed by atoms with Crippen molar-refractivity contribution in [2.75, 3.05) is 0 Å². The molecular formula is C18H27N2O5. The molecule has 0 heterocycles. The fraction of sp³-hybridized carbons (Fsp3) is 0.722. The molecule has 0 atom stereocenters. The molecule has 0 aliphatic heterocycles. The summed E-state index contributed by atoms with van der Waals surface area (Å²) in [6, 6.07) is 0. The van der Waals surface area contributed by atoms with E-state index in [1.165, 1.54) is 12.8 Å². The van der Waals surface area contributed by atoms with Gasteiger partial charge in [0.2, 0.25) is 0 Å². The molecule has 139 valence electrons. The van der Waals surface area contributed by atoms with Crippen molar-refractivity contribution in [1.82, 2.24) is 0 Å². The lowest BCUT2D eigenvalue weighted by atomic mass is 10.0. The molecule has 0 rings (SSSR count). The molecule has 0 aromatic rings. The first-order valence-corrected chi connectivity index (χ1v) is 8.80. The summed E-state index contributed by atoms with van der Waals surface area (Å²) in [5.41, 5.74) is -2.81. The Hall–Kier alpha value is -2.23. The Morgan fingerprint density at radius 1 is 0.920 bits per heavy atom. The molecule has 0 saturated carbocycles. The highest BCUT2D eigenvalue weighted by molar-refractivity contribution is 5.59. The number of unbranched alkanes of at least 4 members (excludes halogenated alkanes) is 7. The average molecular weight is 351 g/mol. The first-order chi connectivity index (χ1) is 12.0. The number of allylic oxidation sites excluding steroid dienone is 2. The van der Waals surface area contributed by atoms with Gasteiger partial charge in [0.05, 0.1) is 6.42 Å². The first kappa shape index (κ1) is 22.8. The van der Waals surface area contributed by atoms with Gasteiger partial charge in [-0.2, -0.15) is 0 Å². The van der Waals surface area contributed by atoms with Gasteiger partial charge in [0.15, 0.2) is 0 Å². The summed E-state index contributed by atoms with van der Waals surface area (Å²) in [7, 11) is 0. The molecule has 0 bridgehead atoms. The van der Waals surface area contributed by atoms with Gasteiger partial charge in [-0.25, -0.2) is 0 Å². The van der Waals surface area contributed by atoms with Crippen molar-refractivity contribution >= 4 is 6.29 Å². The fourth-order valence-electron chi connectivity index (χ4n) is 2.25. The summed E-state index contributed by atoms with van der Waals surface area (Å²) in [6.07, 6.45) is 13.4. The standard InChI is InChI=1S/C18H27N2O5/c1-2-3-4-5-6-7-8-9-10-11-12-13-14-15-16-18(17-21,19(22)23)20(24)25/h9-10H,2-5,8,11-16H2,1H3/b10-9+. The number of hydrogen-bond donors (Lipinski definition) is 0. The Morgan fingerprint density at radius 3 is 2.20 bits per heavy atom. The van der Waals surface area contributed by atoms with E-state index in [2.05, 4.69) is 24.8 Å². The topological polar surface area (TPSA) is 103 Å². The monoisotopic (exact) mass is 351 g/mol. The van der Waals surface area contributed by atoms with Gasteiger partial charge in [0, 0.05) is 12.8 Å². The van der Waals surface area contributed by atoms with Crippen LogP contribution in [0, 0.1) is 32.1 Å². The van der Waals surface area contributed by atoms with Crippen LogP contribution in [0.4, 0.5) is 0 Å². The lowest BCUT2D eigenvalue weighted by Gasteiger charge is -2.09. The quantitative estimate of drug-likeness (QED) is 0.116. The first-order valence-electron chi connectivity index (χ1n) is 8.80. The van der Waals surface area contributed by atoms with Crippen LogP contribution in [0.25, 0.3) is 0 Å². The summed E-state index contributed by atoms with van der Waals surface area (Å²) in [4.78, 5) is 29.8. The Labute approximate surface area is 149 Å². The highest BCUT2D eigenvalue weighted by Crippen LogP contribution is 2.18. The molecular weight excluding hydrogens is 324 g/mol. The van der Waals surface area contributed by atoms with E-state index < -0.39 is 21.9 Å². The molecule has 0 amide bonds. The smallest absolute Gasteiger partial charge is 0.273 e. The lowest BCUT2D eigenvalue weighted by Crippen LogP contribution is -2.47.